The van der Waals surface area contributed by atoms with Crippen molar-refractivity contribution >= 4 is 5.91 Å². The van der Waals surface area contributed by atoms with Gasteiger partial charge in [0.05, 0.1) is 11.8 Å². The van der Waals surface area contributed by atoms with Crippen molar-refractivity contribution in [2.24, 2.45) is 0 Å². The molecule has 0 aliphatic carbocycles. The van der Waals surface area contributed by atoms with Gasteiger partial charge in [0, 0.05) is 25.2 Å². The van der Waals surface area contributed by atoms with E-state index >= 15 is 0 Å². The van der Waals surface area contributed by atoms with Crippen molar-refractivity contribution in [3.63, 3.8) is 0 Å². The quantitative estimate of drug-likeness (QED) is 0.768. The molecule has 2 N–H and O–H groups in total. The Kier molecular flexibility index (Phi) is 5.55. The molecule has 0 unspecified atom stereocenters. The SMILES string of the molecule is O=C(NCCCN1CCC(O)CC1)c1ccc(-n2cncn2)cc1. The van der Waals surface area contributed by atoms with Crippen LogP contribution in [0, 0.1) is 0 Å². The summed E-state index contributed by atoms with van der Waals surface area (Å²) in [5, 5.41) is 16.5. The molecule has 3 rings (SSSR count). The largest absolute Gasteiger partial charge is 0.393 e. The third kappa shape index (κ3) is 4.39. The molecule has 0 spiro atoms. The number of carbonyl (C=O) groups is 1. The van der Waals surface area contributed by atoms with Crippen LogP contribution in [0.15, 0.2) is 36.9 Å². The van der Waals surface area contributed by atoms with Gasteiger partial charge in [0.2, 0.25) is 0 Å². The van der Waals surface area contributed by atoms with E-state index in [1.165, 1.54) is 6.33 Å². The van der Waals surface area contributed by atoms with Gasteiger partial charge in [-0.05, 0) is 50.1 Å². The first-order valence-corrected chi connectivity index (χ1v) is 8.36. The predicted molar refractivity (Wildman–Crippen MR) is 90.0 cm³/mol. The van der Waals surface area contributed by atoms with Crippen LogP contribution in [0.2, 0.25) is 0 Å². The molecule has 0 atom stereocenters. The molecule has 0 radical (unpaired) electrons. The first-order valence-electron chi connectivity index (χ1n) is 8.36. The molecule has 1 amide bonds. The van der Waals surface area contributed by atoms with Crippen LogP contribution in [0.3, 0.4) is 0 Å². The number of benzene rings is 1. The van der Waals surface area contributed by atoms with Crippen LogP contribution in [0.25, 0.3) is 5.69 Å². The number of nitrogens with zero attached hydrogens (tertiary/aromatic N) is 4. The number of aliphatic hydroxyl groups is 1. The number of nitrogens with one attached hydrogen (secondary N) is 1. The molecule has 0 bridgehead atoms. The van der Waals surface area contributed by atoms with E-state index in [-0.39, 0.29) is 12.0 Å². The lowest BCUT2D eigenvalue weighted by Crippen LogP contribution is -2.37. The maximum Gasteiger partial charge on any atom is 0.251 e. The number of hydrogen-bond acceptors (Lipinski definition) is 5. The molecule has 7 nitrogen and oxygen atoms in total. The average molecular weight is 329 g/mol. The normalized spacial score (nSPS) is 16.2. The maximum absolute atomic E-state index is 12.1. The third-order valence-electron chi connectivity index (χ3n) is 4.31. The van der Waals surface area contributed by atoms with Crippen molar-refractivity contribution in [1.82, 2.24) is 25.0 Å². The molecule has 1 saturated heterocycles. The first kappa shape index (κ1) is 16.6. The summed E-state index contributed by atoms with van der Waals surface area (Å²) in [6.45, 7) is 3.50. The Morgan fingerprint density at radius 1 is 1.25 bits per heavy atom. The highest BCUT2D eigenvalue weighted by Gasteiger charge is 2.16. The van der Waals surface area contributed by atoms with Gasteiger partial charge in [-0.3, -0.25) is 4.79 Å². The smallest absolute Gasteiger partial charge is 0.251 e. The van der Waals surface area contributed by atoms with Crippen LogP contribution in [0.1, 0.15) is 29.6 Å². The third-order valence-corrected chi connectivity index (χ3v) is 4.31. The Hall–Kier alpha value is -2.25. The van der Waals surface area contributed by atoms with Gasteiger partial charge in [-0.1, -0.05) is 0 Å². The van der Waals surface area contributed by atoms with Gasteiger partial charge >= 0.3 is 0 Å². The summed E-state index contributed by atoms with van der Waals surface area (Å²) in [5.74, 6) is -0.0609. The predicted octanol–water partition coefficient (Wildman–Crippen LogP) is 0.844. The monoisotopic (exact) mass is 329 g/mol. The maximum atomic E-state index is 12.1. The highest BCUT2D eigenvalue weighted by molar-refractivity contribution is 5.94. The van der Waals surface area contributed by atoms with Gasteiger partial charge in [0.25, 0.3) is 5.91 Å². The van der Waals surface area contributed by atoms with Crippen LogP contribution >= 0.6 is 0 Å². The lowest BCUT2D eigenvalue weighted by atomic mass is 10.1. The van der Waals surface area contributed by atoms with Gasteiger partial charge in [-0.2, -0.15) is 5.10 Å². The van der Waals surface area contributed by atoms with Gasteiger partial charge in [0.1, 0.15) is 12.7 Å². The van der Waals surface area contributed by atoms with Crippen LogP contribution in [0.5, 0.6) is 0 Å². The number of hydrogen-bond donors (Lipinski definition) is 2. The van der Waals surface area contributed by atoms with Crippen LogP contribution in [-0.4, -0.2) is 63.0 Å². The summed E-state index contributed by atoms with van der Waals surface area (Å²) in [6.07, 6.45) is 5.58. The zero-order valence-electron chi connectivity index (χ0n) is 13.6. The topological polar surface area (TPSA) is 83.3 Å². The van der Waals surface area contributed by atoms with E-state index in [1.807, 2.05) is 12.1 Å². The van der Waals surface area contributed by atoms with Gasteiger partial charge < -0.3 is 15.3 Å². The number of rotatable bonds is 6. The second-order valence-corrected chi connectivity index (χ2v) is 6.07. The summed E-state index contributed by atoms with van der Waals surface area (Å²) < 4.78 is 1.65. The highest BCUT2D eigenvalue weighted by atomic mass is 16.3. The minimum Gasteiger partial charge on any atom is -0.393 e. The number of aromatic nitrogens is 3. The van der Waals surface area contributed by atoms with Crippen LogP contribution in [0.4, 0.5) is 0 Å². The minimum absolute atomic E-state index is 0.0609. The fourth-order valence-electron chi connectivity index (χ4n) is 2.86. The Balaban J connectivity index is 1.40. The number of carbonyl (C=O) groups excluding carboxylic acids is 1. The Labute approximate surface area is 141 Å². The fraction of sp³-hybridized carbons (Fsp3) is 0.471. The van der Waals surface area contributed by atoms with Crippen molar-refractivity contribution in [3.05, 3.63) is 42.5 Å². The van der Waals surface area contributed by atoms with Crippen molar-refractivity contribution in [3.8, 4) is 5.69 Å². The molecular formula is C17H23N5O2. The zero-order chi connectivity index (χ0) is 16.8. The number of aliphatic hydroxyl groups excluding tert-OH is 1. The van der Waals surface area contributed by atoms with E-state index in [9.17, 15) is 9.90 Å². The molecule has 1 aliphatic heterocycles. The summed E-state index contributed by atoms with van der Waals surface area (Å²) in [5.41, 5.74) is 1.51. The summed E-state index contributed by atoms with van der Waals surface area (Å²) in [4.78, 5) is 18.4. The van der Waals surface area contributed by atoms with Crippen molar-refractivity contribution in [1.29, 1.82) is 0 Å². The Morgan fingerprint density at radius 2 is 2.00 bits per heavy atom. The summed E-state index contributed by atoms with van der Waals surface area (Å²) in [7, 11) is 0. The molecule has 7 heteroatoms. The molecule has 1 fully saturated rings. The lowest BCUT2D eigenvalue weighted by molar-refractivity contribution is 0.0816. The molecule has 2 aromatic rings. The number of likely N-dealkylation sites (tertiary alicyclic amines) is 1. The summed E-state index contributed by atoms with van der Waals surface area (Å²) >= 11 is 0. The molecule has 128 valence electrons. The second kappa shape index (κ2) is 8.03. The van der Waals surface area contributed by atoms with Crippen LogP contribution in [-0.2, 0) is 0 Å². The first-order chi connectivity index (χ1) is 11.7. The Morgan fingerprint density at radius 3 is 2.67 bits per heavy atom. The van der Waals surface area contributed by atoms with Crippen molar-refractivity contribution in [2.75, 3.05) is 26.2 Å². The lowest BCUT2D eigenvalue weighted by Gasteiger charge is -2.29. The molecule has 1 aromatic heterocycles. The van der Waals surface area contributed by atoms with Gasteiger partial charge in [-0.15, -0.1) is 0 Å². The van der Waals surface area contributed by atoms with E-state index in [1.54, 1.807) is 23.1 Å². The molecule has 1 aromatic carbocycles. The van der Waals surface area contributed by atoms with E-state index < -0.39 is 0 Å². The molecular weight excluding hydrogens is 306 g/mol. The number of amides is 1. The van der Waals surface area contributed by atoms with Crippen LogP contribution < -0.4 is 5.32 Å². The average Bonchev–Trinajstić information content (AvgIpc) is 3.15. The van der Waals surface area contributed by atoms with Gasteiger partial charge in [-0.25, -0.2) is 9.67 Å². The Bertz CT molecular complexity index is 634. The van der Waals surface area contributed by atoms with E-state index in [2.05, 4.69) is 20.3 Å². The number of piperidine rings is 1. The second-order valence-electron chi connectivity index (χ2n) is 6.07. The van der Waals surface area contributed by atoms with E-state index in [0.29, 0.717) is 12.1 Å². The molecule has 1 aliphatic rings. The molecule has 24 heavy (non-hydrogen) atoms. The van der Waals surface area contributed by atoms with Gasteiger partial charge in [0.15, 0.2) is 0 Å². The standard InChI is InChI=1S/C17H23N5O2/c23-16-6-10-21(11-7-16)9-1-8-19-17(24)14-2-4-15(5-3-14)22-13-18-12-20-22/h2-5,12-13,16,23H,1,6-11H2,(H,19,24). The summed E-state index contributed by atoms with van der Waals surface area (Å²) in [6, 6.07) is 7.28. The zero-order valence-corrected chi connectivity index (χ0v) is 13.6. The fourth-order valence-corrected chi connectivity index (χ4v) is 2.86. The molecule has 0 saturated carbocycles. The molecule has 2 heterocycles. The minimum atomic E-state index is -0.138. The van der Waals surface area contributed by atoms with Crippen molar-refractivity contribution in [2.45, 2.75) is 25.4 Å². The van der Waals surface area contributed by atoms with Crippen molar-refractivity contribution < 1.29 is 9.90 Å². The van der Waals surface area contributed by atoms with E-state index in [4.69, 9.17) is 0 Å². The highest BCUT2D eigenvalue weighted by Crippen LogP contribution is 2.10. The van der Waals surface area contributed by atoms with E-state index in [0.717, 1.165) is 44.6 Å².